The summed E-state index contributed by atoms with van der Waals surface area (Å²) in [7, 11) is 5.92. The van der Waals surface area contributed by atoms with Crippen molar-refractivity contribution in [1.82, 2.24) is 14.9 Å². The molecule has 1 atom stereocenters. The van der Waals surface area contributed by atoms with Crippen molar-refractivity contribution in [3.63, 3.8) is 0 Å². The fourth-order valence-electron chi connectivity index (χ4n) is 1.97. The molecule has 0 spiro atoms. The van der Waals surface area contributed by atoms with Crippen molar-refractivity contribution < 1.29 is 0 Å². The van der Waals surface area contributed by atoms with Crippen LogP contribution >= 0.6 is 11.6 Å². The van der Waals surface area contributed by atoms with E-state index < -0.39 is 0 Å². The maximum absolute atomic E-state index is 6.14. The molecule has 0 fully saturated rings. The number of likely N-dealkylation sites (N-methyl/N-ethyl adjacent to an activating group) is 1. The first-order valence-corrected chi connectivity index (χ1v) is 6.91. The minimum atomic E-state index is 0.312. The minimum absolute atomic E-state index is 0.312. The predicted octanol–water partition coefficient (Wildman–Crippen LogP) is 2.56. The van der Waals surface area contributed by atoms with Crippen molar-refractivity contribution >= 4 is 23.4 Å². The summed E-state index contributed by atoms with van der Waals surface area (Å²) in [6, 6.07) is 0.312. The molecule has 108 valence electrons. The fraction of sp³-hybridized carbons (Fsp3) is 0.692. The third kappa shape index (κ3) is 5.61. The first kappa shape index (κ1) is 16.0. The molecule has 0 aromatic carbocycles. The summed E-state index contributed by atoms with van der Waals surface area (Å²) in [4.78, 5) is 10.6. The van der Waals surface area contributed by atoms with E-state index in [1.54, 1.807) is 13.2 Å². The molecule has 6 heteroatoms. The number of anilines is 2. The van der Waals surface area contributed by atoms with Crippen LogP contribution in [0.4, 0.5) is 11.8 Å². The molecule has 0 saturated carbocycles. The summed E-state index contributed by atoms with van der Waals surface area (Å²) < 4.78 is 0. The van der Waals surface area contributed by atoms with E-state index in [-0.39, 0.29) is 0 Å². The van der Waals surface area contributed by atoms with Crippen molar-refractivity contribution in [3.8, 4) is 0 Å². The standard InChI is InChI=1S/C13H24ClN5/c1-9(2)6-10(8-19(4)5)17-12-11(14)7-16-13(15-3)18-12/h7,9-10H,6,8H2,1-5H3,(H2,15,16,17,18). The van der Waals surface area contributed by atoms with Gasteiger partial charge in [-0.05, 0) is 26.4 Å². The molecule has 1 rings (SSSR count). The summed E-state index contributed by atoms with van der Waals surface area (Å²) in [6.45, 7) is 5.36. The number of hydrogen-bond donors (Lipinski definition) is 2. The molecule has 2 N–H and O–H groups in total. The molecule has 0 aliphatic heterocycles. The second-order valence-corrected chi connectivity index (χ2v) is 5.78. The first-order chi connectivity index (χ1) is 8.92. The van der Waals surface area contributed by atoms with Crippen molar-refractivity contribution in [2.45, 2.75) is 26.3 Å². The number of halogens is 1. The second kappa shape index (κ2) is 7.50. The zero-order valence-electron chi connectivity index (χ0n) is 12.4. The largest absolute Gasteiger partial charge is 0.365 e. The molecule has 0 saturated heterocycles. The maximum Gasteiger partial charge on any atom is 0.224 e. The zero-order valence-corrected chi connectivity index (χ0v) is 13.1. The number of hydrogen-bond acceptors (Lipinski definition) is 5. The Labute approximate surface area is 120 Å². The van der Waals surface area contributed by atoms with Crippen LogP contribution in [0.15, 0.2) is 6.20 Å². The van der Waals surface area contributed by atoms with Gasteiger partial charge in [0, 0.05) is 19.6 Å². The maximum atomic E-state index is 6.14. The van der Waals surface area contributed by atoms with Crippen LogP contribution < -0.4 is 10.6 Å². The Morgan fingerprint density at radius 3 is 2.58 bits per heavy atom. The zero-order chi connectivity index (χ0) is 14.4. The predicted molar refractivity (Wildman–Crippen MR) is 82.0 cm³/mol. The van der Waals surface area contributed by atoms with Gasteiger partial charge in [0.2, 0.25) is 5.95 Å². The highest BCUT2D eigenvalue weighted by Crippen LogP contribution is 2.21. The highest BCUT2D eigenvalue weighted by atomic mass is 35.5. The highest BCUT2D eigenvalue weighted by Gasteiger charge is 2.15. The average molecular weight is 286 g/mol. The Bertz CT molecular complexity index is 385. The van der Waals surface area contributed by atoms with E-state index in [1.807, 2.05) is 0 Å². The van der Waals surface area contributed by atoms with E-state index in [9.17, 15) is 0 Å². The Morgan fingerprint density at radius 2 is 2.05 bits per heavy atom. The highest BCUT2D eigenvalue weighted by molar-refractivity contribution is 6.32. The molecular weight excluding hydrogens is 262 g/mol. The van der Waals surface area contributed by atoms with Crippen LogP contribution in [0.25, 0.3) is 0 Å². The molecule has 1 aromatic heterocycles. The normalized spacial score (nSPS) is 12.8. The van der Waals surface area contributed by atoms with Gasteiger partial charge in [-0.1, -0.05) is 25.4 Å². The number of aromatic nitrogens is 2. The van der Waals surface area contributed by atoms with Gasteiger partial charge in [0.15, 0.2) is 5.82 Å². The topological polar surface area (TPSA) is 53.1 Å². The molecule has 1 unspecified atom stereocenters. The number of nitrogens with zero attached hydrogens (tertiary/aromatic N) is 3. The molecule has 1 aromatic rings. The first-order valence-electron chi connectivity index (χ1n) is 6.54. The third-order valence-corrected chi connectivity index (χ3v) is 2.93. The van der Waals surface area contributed by atoms with Crippen LogP contribution in [0.5, 0.6) is 0 Å². The lowest BCUT2D eigenvalue weighted by Crippen LogP contribution is -2.34. The van der Waals surface area contributed by atoms with Crippen molar-refractivity contribution in [2.75, 3.05) is 38.3 Å². The molecule has 5 nitrogen and oxygen atoms in total. The second-order valence-electron chi connectivity index (χ2n) is 5.37. The summed E-state index contributed by atoms with van der Waals surface area (Å²) in [5.74, 6) is 1.87. The average Bonchev–Trinajstić information content (AvgIpc) is 2.30. The van der Waals surface area contributed by atoms with Gasteiger partial charge in [0.25, 0.3) is 0 Å². The molecule has 0 aliphatic rings. The van der Waals surface area contributed by atoms with Crippen molar-refractivity contribution in [3.05, 3.63) is 11.2 Å². The van der Waals surface area contributed by atoms with Crippen LogP contribution in [0.1, 0.15) is 20.3 Å². The Kier molecular flexibility index (Phi) is 6.31. The Hall–Kier alpha value is -1.07. The van der Waals surface area contributed by atoms with Gasteiger partial charge in [0.05, 0.1) is 6.20 Å². The van der Waals surface area contributed by atoms with Gasteiger partial charge in [-0.15, -0.1) is 0 Å². The quantitative estimate of drug-likeness (QED) is 0.806. The summed E-state index contributed by atoms with van der Waals surface area (Å²) in [5, 5.41) is 6.89. The Morgan fingerprint density at radius 1 is 1.37 bits per heavy atom. The lowest BCUT2D eigenvalue weighted by Gasteiger charge is -2.24. The third-order valence-electron chi connectivity index (χ3n) is 2.65. The lowest BCUT2D eigenvalue weighted by molar-refractivity contribution is 0.356. The van der Waals surface area contributed by atoms with Gasteiger partial charge in [-0.3, -0.25) is 0 Å². The molecular formula is C13H24ClN5. The van der Waals surface area contributed by atoms with E-state index in [2.05, 4.69) is 53.4 Å². The van der Waals surface area contributed by atoms with E-state index in [0.29, 0.717) is 28.7 Å². The van der Waals surface area contributed by atoms with Crippen molar-refractivity contribution in [2.24, 2.45) is 5.92 Å². The monoisotopic (exact) mass is 285 g/mol. The van der Waals surface area contributed by atoms with Gasteiger partial charge >= 0.3 is 0 Å². The van der Waals surface area contributed by atoms with Crippen LogP contribution in [-0.2, 0) is 0 Å². The molecule has 0 amide bonds. The lowest BCUT2D eigenvalue weighted by atomic mass is 10.0. The van der Waals surface area contributed by atoms with Crippen LogP contribution in [0, 0.1) is 5.92 Å². The fourth-order valence-corrected chi connectivity index (χ4v) is 2.12. The Balaban J connectivity index is 2.82. The number of rotatable bonds is 7. The summed E-state index contributed by atoms with van der Waals surface area (Å²) >= 11 is 6.14. The molecule has 0 bridgehead atoms. The smallest absolute Gasteiger partial charge is 0.224 e. The van der Waals surface area contributed by atoms with E-state index in [0.717, 1.165) is 13.0 Å². The van der Waals surface area contributed by atoms with Crippen LogP contribution in [0.3, 0.4) is 0 Å². The van der Waals surface area contributed by atoms with Crippen LogP contribution in [-0.4, -0.2) is 48.6 Å². The molecule has 0 aliphatic carbocycles. The molecule has 1 heterocycles. The van der Waals surface area contributed by atoms with Gasteiger partial charge < -0.3 is 15.5 Å². The van der Waals surface area contributed by atoms with Crippen LogP contribution in [0.2, 0.25) is 5.02 Å². The van der Waals surface area contributed by atoms with E-state index in [4.69, 9.17) is 11.6 Å². The van der Waals surface area contributed by atoms with Crippen molar-refractivity contribution in [1.29, 1.82) is 0 Å². The van der Waals surface area contributed by atoms with Gasteiger partial charge in [-0.25, -0.2) is 4.98 Å². The summed E-state index contributed by atoms with van der Waals surface area (Å²) in [6.07, 6.45) is 2.68. The van der Waals surface area contributed by atoms with Gasteiger partial charge in [0.1, 0.15) is 5.02 Å². The van der Waals surface area contributed by atoms with E-state index >= 15 is 0 Å². The van der Waals surface area contributed by atoms with E-state index in [1.165, 1.54) is 0 Å². The SMILES string of the molecule is CNc1ncc(Cl)c(NC(CC(C)C)CN(C)C)n1. The number of nitrogens with one attached hydrogen (secondary N) is 2. The minimum Gasteiger partial charge on any atom is -0.365 e. The molecule has 0 radical (unpaired) electrons. The van der Waals surface area contributed by atoms with Gasteiger partial charge in [-0.2, -0.15) is 4.98 Å². The molecule has 19 heavy (non-hydrogen) atoms. The summed E-state index contributed by atoms with van der Waals surface area (Å²) in [5.41, 5.74) is 0.